The zero-order valence-electron chi connectivity index (χ0n) is 15.5. The number of pyridine rings is 1. The van der Waals surface area contributed by atoms with Gasteiger partial charge in [0.2, 0.25) is 6.41 Å². The first-order valence-corrected chi connectivity index (χ1v) is 8.61. The van der Waals surface area contributed by atoms with Crippen LogP contribution in [-0.2, 0) is 11.3 Å². The molecule has 3 rings (SSSR count). The van der Waals surface area contributed by atoms with Gasteiger partial charge in [-0.05, 0) is 38.1 Å². The summed E-state index contributed by atoms with van der Waals surface area (Å²) in [6.45, 7) is 3.42. The fourth-order valence-corrected chi connectivity index (χ4v) is 2.65. The Balaban J connectivity index is 0.000000878. The second kappa shape index (κ2) is 9.93. The zero-order chi connectivity index (χ0) is 20.5. The van der Waals surface area contributed by atoms with Gasteiger partial charge in [0, 0.05) is 41.7 Å². The lowest BCUT2D eigenvalue weighted by molar-refractivity contribution is -0.384. The number of nitro groups is 1. The fourth-order valence-electron chi connectivity index (χ4n) is 2.65. The molecule has 2 heterocycles. The molecule has 0 aliphatic carbocycles. The maximum atomic E-state index is 11.0. The van der Waals surface area contributed by atoms with E-state index < -0.39 is 4.92 Å². The first kappa shape index (κ1) is 20.7. The largest absolute Gasteiger partial charge is 0.372 e. The van der Waals surface area contributed by atoms with Crippen molar-refractivity contribution in [2.75, 3.05) is 6.54 Å². The van der Waals surface area contributed by atoms with E-state index in [1.54, 1.807) is 12.3 Å². The molecule has 0 aliphatic rings. The van der Waals surface area contributed by atoms with Crippen LogP contribution in [0, 0.1) is 17.0 Å². The normalized spacial score (nSPS) is 10.1. The van der Waals surface area contributed by atoms with Crippen LogP contribution in [-0.4, -0.2) is 32.6 Å². The van der Waals surface area contributed by atoms with E-state index in [2.05, 4.69) is 15.8 Å². The van der Waals surface area contributed by atoms with Crippen molar-refractivity contribution < 1.29 is 9.72 Å². The Kier molecular flexibility index (Phi) is 7.35. The van der Waals surface area contributed by atoms with Gasteiger partial charge in [0.25, 0.3) is 5.69 Å². The molecule has 0 spiro atoms. The first-order valence-electron chi connectivity index (χ1n) is 8.61. The monoisotopic (exact) mass is 382 g/mol. The third-order valence-electron chi connectivity index (χ3n) is 3.96. The average molecular weight is 382 g/mol. The number of nitrogens with two attached hydrogens (primary N) is 2. The Morgan fingerprint density at radius 3 is 2.57 bits per heavy atom. The van der Waals surface area contributed by atoms with E-state index >= 15 is 0 Å². The van der Waals surface area contributed by atoms with E-state index in [9.17, 15) is 10.1 Å². The van der Waals surface area contributed by atoms with Gasteiger partial charge in [0.1, 0.15) is 0 Å². The lowest BCUT2D eigenvalue weighted by atomic mass is 10.1. The maximum absolute atomic E-state index is 11.0. The van der Waals surface area contributed by atoms with Gasteiger partial charge in [-0.2, -0.15) is 5.10 Å². The Morgan fingerprint density at radius 1 is 1.18 bits per heavy atom. The molecule has 0 unspecified atom stereocenters. The minimum absolute atomic E-state index is 0.0478. The molecule has 0 radical (unpaired) electrons. The van der Waals surface area contributed by atoms with Crippen LogP contribution in [0.5, 0.6) is 0 Å². The number of hydrogen-bond acceptors (Lipinski definition) is 6. The van der Waals surface area contributed by atoms with Crippen molar-refractivity contribution in [1.82, 2.24) is 14.8 Å². The lowest BCUT2D eigenvalue weighted by Crippen LogP contribution is -2.08. The fraction of sp³-hybridized carbons (Fsp3) is 0.211. The molecule has 0 saturated carbocycles. The molecule has 28 heavy (non-hydrogen) atoms. The Labute approximate surface area is 162 Å². The van der Waals surface area contributed by atoms with E-state index in [1.165, 1.54) is 12.1 Å². The molecular weight excluding hydrogens is 360 g/mol. The highest BCUT2D eigenvalue weighted by Crippen LogP contribution is 2.26. The summed E-state index contributed by atoms with van der Waals surface area (Å²) in [6, 6.07) is 12.3. The number of nitro benzene ring substituents is 1. The number of nitrogens with zero attached hydrogens (tertiary/aromatic N) is 4. The Morgan fingerprint density at radius 2 is 1.89 bits per heavy atom. The summed E-state index contributed by atoms with van der Waals surface area (Å²) >= 11 is 0. The number of amides is 1. The SMILES string of the molecule is Cc1cc(-c2ccnc(-c3cccc([N+](=O)[O-])c3)c2)nn1CCCN.NC=O. The number of primary amides is 1. The van der Waals surface area contributed by atoms with Crippen LogP contribution in [0.1, 0.15) is 12.1 Å². The minimum atomic E-state index is -0.407. The average Bonchev–Trinajstić information content (AvgIpc) is 3.08. The molecule has 0 aliphatic heterocycles. The van der Waals surface area contributed by atoms with Gasteiger partial charge >= 0.3 is 0 Å². The maximum Gasteiger partial charge on any atom is 0.270 e. The molecule has 9 nitrogen and oxygen atoms in total. The second-order valence-electron chi connectivity index (χ2n) is 5.91. The van der Waals surface area contributed by atoms with Crippen molar-refractivity contribution in [3.05, 3.63) is 64.5 Å². The van der Waals surface area contributed by atoms with Gasteiger partial charge in [-0.15, -0.1) is 0 Å². The summed E-state index contributed by atoms with van der Waals surface area (Å²) in [6.07, 6.45) is 2.81. The number of hydrogen-bond donors (Lipinski definition) is 2. The van der Waals surface area contributed by atoms with Gasteiger partial charge in [-0.1, -0.05) is 12.1 Å². The van der Waals surface area contributed by atoms with E-state index in [4.69, 9.17) is 10.5 Å². The lowest BCUT2D eigenvalue weighted by Gasteiger charge is -2.04. The number of aryl methyl sites for hydroxylation is 2. The van der Waals surface area contributed by atoms with E-state index in [-0.39, 0.29) is 12.1 Å². The predicted molar refractivity (Wildman–Crippen MR) is 106 cm³/mol. The first-order chi connectivity index (χ1) is 13.5. The van der Waals surface area contributed by atoms with Crippen LogP contribution >= 0.6 is 0 Å². The summed E-state index contributed by atoms with van der Waals surface area (Å²) in [7, 11) is 0. The van der Waals surface area contributed by atoms with Crippen molar-refractivity contribution in [1.29, 1.82) is 0 Å². The molecule has 146 valence electrons. The molecule has 1 aromatic carbocycles. The van der Waals surface area contributed by atoms with Crippen LogP contribution in [0.2, 0.25) is 0 Å². The predicted octanol–water partition coefficient (Wildman–Crippen LogP) is 2.28. The highest BCUT2D eigenvalue weighted by molar-refractivity contribution is 5.69. The van der Waals surface area contributed by atoms with Crippen molar-refractivity contribution in [3.8, 4) is 22.5 Å². The van der Waals surface area contributed by atoms with Crippen molar-refractivity contribution in [2.24, 2.45) is 11.5 Å². The van der Waals surface area contributed by atoms with Crippen molar-refractivity contribution in [3.63, 3.8) is 0 Å². The number of non-ortho nitro benzene ring substituents is 1. The van der Waals surface area contributed by atoms with Crippen LogP contribution in [0.3, 0.4) is 0 Å². The highest BCUT2D eigenvalue weighted by atomic mass is 16.6. The van der Waals surface area contributed by atoms with E-state index in [0.29, 0.717) is 17.8 Å². The van der Waals surface area contributed by atoms with E-state index in [1.807, 2.05) is 35.9 Å². The second-order valence-corrected chi connectivity index (χ2v) is 5.91. The zero-order valence-corrected chi connectivity index (χ0v) is 15.5. The summed E-state index contributed by atoms with van der Waals surface area (Å²) in [4.78, 5) is 23.5. The number of rotatable bonds is 6. The molecule has 2 aromatic heterocycles. The molecule has 0 fully saturated rings. The van der Waals surface area contributed by atoms with E-state index in [0.717, 1.165) is 29.9 Å². The van der Waals surface area contributed by atoms with Crippen molar-refractivity contribution >= 4 is 12.1 Å². The van der Waals surface area contributed by atoms with Gasteiger partial charge in [-0.25, -0.2) is 0 Å². The summed E-state index contributed by atoms with van der Waals surface area (Å²) in [5.41, 5.74) is 14.0. The van der Waals surface area contributed by atoms with Gasteiger partial charge < -0.3 is 11.5 Å². The van der Waals surface area contributed by atoms with Crippen LogP contribution in [0.15, 0.2) is 48.7 Å². The Hall–Kier alpha value is -3.59. The van der Waals surface area contributed by atoms with Crippen LogP contribution < -0.4 is 11.5 Å². The smallest absolute Gasteiger partial charge is 0.270 e. The summed E-state index contributed by atoms with van der Waals surface area (Å²) in [5, 5.41) is 15.6. The molecule has 3 aromatic rings. The molecule has 1 amide bonds. The summed E-state index contributed by atoms with van der Waals surface area (Å²) < 4.78 is 1.94. The number of aromatic nitrogens is 3. The third-order valence-corrected chi connectivity index (χ3v) is 3.96. The third kappa shape index (κ3) is 5.21. The van der Waals surface area contributed by atoms with Gasteiger partial charge in [0.05, 0.1) is 16.3 Å². The number of benzene rings is 1. The standard InChI is InChI=1S/C18H19N5O2.CH3NO/c1-13-10-18(21-22(13)9-3-7-19)15-6-8-20-17(12-15)14-4-2-5-16(11-14)23(24)25;2-1-3/h2,4-6,8,10-12H,3,7,9,19H2,1H3;1H,(H2,2,3). The highest BCUT2D eigenvalue weighted by Gasteiger charge is 2.11. The molecule has 4 N–H and O–H groups in total. The Bertz CT molecular complexity index is 954. The molecule has 0 saturated heterocycles. The summed E-state index contributed by atoms with van der Waals surface area (Å²) in [5.74, 6) is 0. The van der Waals surface area contributed by atoms with Gasteiger partial charge in [0.15, 0.2) is 0 Å². The molecular formula is C19H22N6O3. The van der Waals surface area contributed by atoms with Gasteiger partial charge in [-0.3, -0.25) is 24.6 Å². The van der Waals surface area contributed by atoms with Crippen LogP contribution in [0.25, 0.3) is 22.5 Å². The molecule has 0 atom stereocenters. The van der Waals surface area contributed by atoms with Crippen LogP contribution in [0.4, 0.5) is 5.69 Å². The quantitative estimate of drug-likeness (QED) is 0.380. The molecule has 9 heteroatoms. The topological polar surface area (TPSA) is 143 Å². The molecule has 0 bridgehead atoms. The number of carbonyl (C=O) groups excluding carboxylic acids is 1. The van der Waals surface area contributed by atoms with Crippen molar-refractivity contribution in [2.45, 2.75) is 19.9 Å². The minimum Gasteiger partial charge on any atom is -0.372 e. The number of carbonyl (C=O) groups is 1.